The van der Waals surface area contributed by atoms with Gasteiger partial charge in [-0.1, -0.05) is 0 Å². The maximum absolute atomic E-state index is 10.6. The molecule has 0 saturated heterocycles. The van der Waals surface area contributed by atoms with Crippen LogP contribution < -0.4 is 0 Å². The predicted molar refractivity (Wildman–Crippen MR) is 54.4 cm³/mol. The van der Waals surface area contributed by atoms with Crippen LogP contribution in [0.15, 0.2) is 34.9 Å². The average Bonchev–Trinajstić information content (AvgIpc) is 2.70. The average molecular weight is 220 g/mol. The van der Waals surface area contributed by atoms with Gasteiger partial charge in [0.25, 0.3) is 0 Å². The Morgan fingerprint density at radius 2 is 1.94 bits per heavy atom. The fourth-order valence-electron chi connectivity index (χ4n) is 1.31. The van der Waals surface area contributed by atoms with Gasteiger partial charge in [-0.05, 0) is 24.3 Å². The van der Waals surface area contributed by atoms with Gasteiger partial charge in [-0.15, -0.1) is 0 Å². The van der Waals surface area contributed by atoms with Gasteiger partial charge in [0.1, 0.15) is 23.5 Å². The number of phenolic OH excluding ortho intramolecular Hbond substituents is 2. The van der Waals surface area contributed by atoms with E-state index < -0.39 is 5.97 Å². The lowest BCUT2D eigenvalue weighted by atomic mass is 10.1. The van der Waals surface area contributed by atoms with Crippen molar-refractivity contribution in [3.8, 4) is 22.8 Å². The third-order valence-corrected chi connectivity index (χ3v) is 2.09. The van der Waals surface area contributed by atoms with Crippen molar-refractivity contribution in [1.29, 1.82) is 0 Å². The largest absolute Gasteiger partial charge is 0.508 e. The van der Waals surface area contributed by atoms with Crippen LogP contribution in [0, 0.1) is 0 Å². The Labute approximate surface area is 90.2 Å². The van der Waals surface area contributed by atoms with E-state index in [0.29, 0.717) is 0 Å². The molecule has 0 amide bonds. The van der Waals surface area contributed by atoms with Crippen LogP contribution >= 0.6 is 0 Å². The number of hydrogen-bond acceptors (Lipinski definition) is 4. The Hall–Kier alpha value is -2.43. The number of hydrogen-bond donors (Lipinski definition) is 3. The molecule has 2 rings (SSSR count). The normalized spacial score (nSPS) is 10.2. The first-order chi connectivity index (χ1) is 7.58. The molecule has 82 valence electrons. The number of aromatic hydroxyl groups is 2. The summed E-state index contributed by atoms with van der Waals surface area (Å²) in [5.41, 5.74) is 0.227. The molecule has 1 aromatic heterocycles. The quantitative estimate of drug-likeness (QED) is 0.674. The van der Waals surface area contributed by atoms with Crippen molar-refractivity contribution >= 4 is 5.97 Å². The van der Waals surface area contributed by atoms with Crippen LogP contribution in [0.4, 0.5) is 0 Å². The zero-order valence-corrected chi connectivity index (χ0v) is 8.04. The van der Waals surface area contributed by atoms with Gasteiger partial charge < -0.3 is 19.7 Å². The smallest absolute Gasteiger partial charge is 0.338 e. The van der Waals surface area contributed by atoms with Crippen molar-refractivity contribution in [2.75, 3.05) is 0 Å². The number of carboxylic acids is 1. The van der Waals surface area contributed by atoms with Gasteiger partial charge in [-0.25, -0.2) is 4.79 Å². The van der Waals surface area contributed by atoms with E-state index in [-0.39, 0.29) is 28.4 Å². The summed E-state index contributed by atoms with van der Waals surface area (Å²) in [6.07, 6.45) is 1.07. The Morgan fingerprint density at radius 1 is 1.19 bits per heavy atom. The number of furan rings is 1. The molecule has 1 heterocycles. The fraction of sp³-hybridized carbons (Fsp3) is 0. The first-order valence-electron chi connectivity index (χ1n) is 4.42. The molecule has 3 N–H and O–H groups in total. The summed E-state index contributed by atoms with van der Waals surface area (Å²) in [5, 5.41) is 27.5. The van der Waals surface area contributed by atoms with E-state index in [1.807, 2.05) is 0 Å². The molecule has 5 heteroatoms. The highest BCUT2D eigenvalue weighted by Crippen LogP contribution is 2.33. The Kier molecular flexibility index (Phi) is 2.28. The molecule has 0 aliphatic heterocycles. The van der Waals surface area contributed by atoms with E-state index in [4.69, 9.17) is 9.52 Å². The van der Waals surface area contributed by atoms with Crippen molar-refractivity contribution in [3.05, 3.63) is 36.1 Å². The second-order valence-electron chi connectivity index (χ2n) is 3.21. The van der Waals surface area contributed by atoms with E-state index in [0.717, 1.165) is 6.26 Å². The molecule has 16 heavy (non-hydrogen) atoms. The second kappa shape index (κ2) is 3.62. The van der Waals surface area contributed by atoms with Crippen molar-refractivity contribution in [3.63, 3.8) is 0 Å². The standard InChI is InChI=1S/C11H8O5/c12-7-1-2-9(13)8(4-7)10-3-6(5-16-10)11(14)15/h1-5,12-13H,(H,14,15). The van der Waals surface area contributed by atoms with Crippen LogP contribution in [0.2, 0.25) is 0 Å². The Bertz CT molecular complexity index is 541. The SMILES string of the molecule is O=C(O)c1coc(-c2cc(O)ccc2O)c1. The summed E-state index contributed by atoms with van der Waals surface area (Å²) in [6, 6.07) is 5.18. The van der Waals surface area contributed by atoms with Gasteiger partial charge in [0, 0.05) is 0 Å². The molecule has 1 aromatic carbocycles. The molecule has 0 fully saturated rings. The summed E-state index contributed by atoms with van der Waals surface area (Å²) in [4.78, 5) is 10.6. The lowest BCUT2D eigenvalue weighted by molar-refractivity contribution is 0.0696. The van der Waals surface area contributed by atoms with E-state index in [2.05, 4.69) is 0 Å². The summed E-state index contributed by atoms with van der Waals surface area (Å²) in [7, 11) is 0. The number of carbonyl (C=O) groups is 1. The van der Waals surface area contributed by atoms with Gasteiger partial charge in [0.05, 0.1) is 11.1 Å². The molecule has 5 nitrogen and oxygen atoms in total. The number of rotatable bonds is 2. The molecule has 0 spiro atoms. The van der Waals surface area contributed by atoms with E-state index in [9.17, 15) is 15.0 Å². The molecule has 0 aliphatic carbocycles. The van der Waals surface area contributed by atoms with Gasteiger partial charge in [-0.3, -0.25) is 0 Å². The first kappa shape index (κ1) is 10.1. The highest BCUT2D eigenvalue weighted by molar-refractivity contribution is 5.89. The van der Waals surface area contributed by atoms with Crippen molar-refractivity contribution < 1.29 is 24.5 Å². The number of carboxylic acid groups (broad SMARTS) is 1. The van der Waals surface area contributed by atoms with Crippen LogP contribution in [0.5, 0.6) is 11.5 Å². The molecule has 2 aromatic rings. The highest BCUT2D eigenvalue weighted by atomic mass is 16.4. The molecule has 0 aliphatic rings. The maximum Gasteiger partial charge on any atom is 0.338 e. The summed E-state index contributed by atoms with van der Waals surface area (Å²) in [5.74, 6) is -1.06. The van der Waals surface area contributed by atoms with Crippen molar-refractivity contribution in [2.24, 2.45) is 0 Å². The molecule has 0 atom stereocenters. The number of phenols is 2. The minimum atomic E-state index is -1.12. The van der Waals surface area contributed by atoms with Gasteiger partial charge in [0.2, 0.25) is 0 Å². The topological polar surface area (TPSA) is 90.9 Å². The predicted octanol–water partition coefficient (Wildman–Crippen LogP) is 2.06. The molecular weight excluding hydrogens is 212 g/mol. The van der Waals surface area contributed by atoms with Crippen LogP contribution in [-0.4, -0.2) is 21.3 Å². The van der Waals surface area contributed by atoms with Crippen LogP contribution in [0.3, 0.4) is 0 Å². The highest BCUT2D eigenvalue weighted by Gasteiger charge is 2.13. The monoisotopic (exact) mass is 220 g/mol. The molecule has 0 radical (unpaired) electrons. The fourth-order valence-corrected chi connectivity index (χ4v) is 1.31. The first-order valence-corrected chi connectivity index (χ1v) is 4.42. The van der Waals surface area contributed by atoms with E-state index in [1.165, 1.54) is 24.3 Å². The van der Waals surface area contributed by atoms with Crippen molar-refractivity contribution in [1.82, 2.24) is 0 Å². The lowest BCUT2D eigenvalue weighted by Crippen LogP contribution is -1.91. The van der Waals surface area contributed by atoms with E-state index in [1.54, 1.807) is 0 Å². The molecule has 0 saturated carbocycles. The summed E-state index contributed by atoms with van der Waals surface area (Å²) >= 11 is 0. The number of aromatic carboxylic acids is 1. The summed E-state index contributed by atoms with van der Waals surface area (Å²) in [6.45, 7) is 0. The molecule has 0 bridgehead atoms. The molecule has 0 unspecified atom stereocenters. The van der Waals surface area contributed by atoms with Gasteiger partial charge >= 0.3 is 5.97 Å². The van der Waals surface area contributed by atoms with Gasteiger partial charge in [0.15, 0.2) is 0 Å². The minimum Gasteiger partial charge on any atom is -0.508 e. The zero-order valence-electron chi connectivity index (χ0n) is 8.04. The third kappa shape index (κ3) is 1.70. The van der Waals surface area contributed by atoms with E-state index >= 15 is 0 Å². The maximum atomic E-state index is 10.6. The molecular formula is C11H8O5. The Balaban J connectivity index is 2.50. The second-order valence-corrected chi connectivity index (χ2v) is 3.21. The summed E-state index contributed by atoms with van der Waals surface area (Å²) < 4.78 is 5.00. The van der Waals surface area contributed by atoms with Crippen LogP contribution in [0.1, 0.15) is 10.4 Å². The Morgan fingerprint density at radius 3 is 2.56 bits per heavy atom. The lowest BCUT2D eigenvalue weighted by Gasteiger charge is -2.00. The third-order valence-electron chi connectivity index (χ3n) is 2.09. The minimum absolute atomic E-state index is 0.0160. The van der Waals surface area contributed by atoms with Crippen molar-refractivity contribution in [2.45, 2.75) is 0 Å². The van der Waals surface area contributed by atoms with Gasteiger partial charge in [-0.2, -0.15) is 0 Å². The van der Waals surface area contributed by atoms with Crippen LogP contribution in [0.25, 0.3) is 11.3 Å². The number of benzene rings is 1. The van der Waals surface area contributed by atoms with Crippen LogP contribution in [-0.2, 0) is 0 Å². The zero-order chi connectivity index (χ0) is 11.7.